The SMILES string of the molecule is CCCN=C(CCC(=O)N1CCCC(c2ccccc2)C1)c1c(C)ccnc1NC1CCCCC1. The average Bonchev–Trinajstić information content (AvgIpc) is 2.90. The first kappa shape index (κ1) is 25.4. The van der Waals surface area contributed by atoms with Gasteiger partial charge in [-0.15, -0.1) is 0 Å². The van der Waals surface area contributed by atoms with E-state index in [1.165, 1.54) is 43.2 Å². The van der Waals surface area contributed by atoms with Gasteiger partial charge in [0.1, 0.15) is 5.82 Å². The van der Waals surface area contributed by atoms with E-state index in [2.05, 4.69) is 60.5 Å². The van der Waals surface area contributed by atoms with Gasteiger partial charge in [-0.2, -0.15) is 0 Å². The molecule has 1 aromatic carbocycles. The molecule has 1 aliphatic carbocycles. The summed E-state index contributed by atoms with van der Waals surface area (Å²) >= 11 is 0. The molecule has 5 heteroatoms. The molecule has 1 aromatic heterocycles. The Morgan fingerprint density at radius 2 is 1.86 bits per heavy atom. The second kappa shape index (κ2) is 12.9. The molecule has 2 heterocycles. The van der Waals surface area contributed by atoms with Gasteiger partial charge in [-0.3, -0.25) is 9.79 Å². The molecule has 1 N–H and O–H groups in total. The van der Waals surface area contributed by atoms with E-state index in [1.807, 2.05) is 6.20 Å². The predicted octanol–water partition coefficient (Wildman–Crippen LogP) is 6.52. The van der Waals surface area contributed by atoms with Crippen LogP contribution in [0.2, 0.25) is 0 Å². The minimum Gasteiger partial charge on any atom is -0.367 e. The van der Waals surface area contributed by atoms with Gasteiger partial charge in [-0.1, -0.05) is 56.5 Å². The molecule has 1 saturated heterocycles. The van der Waals surface area contributed by atoms with Crippen LogP contribution < -0.4 is 5.32 Å². The Hall–Kier alpha value is -2.69. The van der Waals surface area contributed by atoms with Crippen molar-refractivity contribution in [1.82, 2.24) is 9.88 Å². The summed E-state index contributed by atoms with van der Waals surface area (Å²) in [5.41, 5.74) is 4.67. The molecule has 5 nitrogen and oxygen atoms in total. The Morgan fingerprint density at radius 3 is 2.63 bits per heavy atom. The molecule has 2 fully saturated rings. The number of pyridine rings is 1. The fourth-order valence-electron chi connectivity index (χ4n) is 5.59. The highest BCUT2D eigenvalue weighted by Gasteiger charge is 2.25. The lowest BCUT2D eigenvalue weighted by Gasteiger charge is -2.33. The number of aryl methyl sites for hydroxylation is 1. The maximum atomic E-state index is 13.3. The molecule has 1 unspecified atom stereocenters. The number of likely N-dealkylation sites (tertiary alicyclic amines) is 1. The third kappa shape index (κ3) is 6.93. The fourth-order valence-corrected chi connectivity index (χ4v) is 5.59. The van der Waals surface area contributed by atoms with Crippen LogP contribution in [0.15, 0.2) is 47.6 Å². The number of carbonyl (C=O) groups is 1. The van der Waals surface area contributed by atoms with E-state index < -0.39 is 0 Å². The van der Waals surface area contributed by atoms with Crippen LogP contribution in [0.4, 0.5) is 5.82 Å². The molecular formula is C30H42N4O. The molecule has 0 bridgehead atoms. The highest BCUT2D eigenvalue weighted by atomic mass is 16.2. The number of rotatable bonds is 9. The number of amides is 1. The number of benzene rings is 1. The molecule has 1 amide bonds. The summed E-state index contributed by atoms with van der Waals surface area (Å²) in [6.45, 7) is 6.76. The van der Waals surface area contributed by atoms with Gasteiger partial charge < -0.3 is 10.2 Å². The minimum atomic E-state index is 0.248. The van der Waals surface area contributed by atoms with Crippen LogP contribution in [0.25, 0.3) is 0 Å². The number of hydrogen-bond acceptors (Lipinski definition) is 4. The van der Waals surface area contributed by atoms with Gasteiger partial charge in [-0.05, 0) is 62.6 Å². The second-order valence-corrected chi connectivity index (χ2v) is 10.2. The normalized spacial score (nSPS) is 19.5. The van der Waals surface area contributed by atoms with Crippen LogP contribution in [0.1, 0.15) is 93.7 Å². The summed E-state index contributed by atoms with van der Waals surface area (Å²) < 4.78 is 0. The van der Waals surface area contributed by atoms with Crippen molar-refractivity contribution >= 4 is 17.4 Å². The lowest BCUT2D eigenvalue weighted by Crippen LogP contribution is -2.39. The summed E-state index contributed by atoms with van der Waals surface area (Å²) in [4.78, 5) is 25.1. The molecule has 2 aromatic rings. The average molecular weight is 475 g/mol. The quantitative estimate of drug-likeness (QED) is 0.421. The van der Waals surface area contributed by atoms with Crippen molar-refractivity contribution in [2.45, 2.75) is 90.0 Å². The Labute approximate surface area is 211 Å². The van der Waals surface area contributed by atoms with Gasteiger partial charge in [0.2, 0.25) is 5.91 Å². The maximum absolute atomic E-state index is 13.3. The molecule has 2 aliphatic rings. The van der Waals surface area contributed by atoms with E-state index in [4.69, 9.17) is 9.98 Å². The van der Waals surface area contributed by atoms with Crippen molar-refractivity contribution in [3.8, 4) is 0 Å². The maximum Gasteiger partial charge on any atom is 0.222 e. The Bertz CT molecular complexity index is 981. The molecular weight excluding hydrogens is 432 g/mol. The highest BCUT2D eigenvalue weighted by molar-refractivity contribution is 6.06. The van der Waals surface area contributed by atoms with E-state index in [9.17, 15) is 4.79 Å². The summed E-state index contributed by atoms with van der Waals surface area (Å²) in [5.74, 6) is 1.63. The fraction of sp³-hybridized carbons (Fsp3) is 0.567. The van der Waals surface area contributed by atoms with Crippen molar-refractivity contribution in [3.63, 3.8) is 0 Å². The largest absolute Gasteiger partial charge is 0.367 e. The number of nitrogens with one attached hydrogen (secondary N) is 1. The number of aromatic nitrogens is 1. The smallest absolute Gasteiger partial charge is 0.222 e. The van der Waals surface area contributed by atoms with Crippen LogP contribution >= 0.6 is 0 Å². The second-order valence-electron chi connectivity index (χ2n) is 10.2. The molecule has 1 aliphatic heterocycles. The molecule has 0 radical (unpaired) electrons. The topological polar surface area (TPSA) is 57.6 Å². The number of piperidine rings is 1. The number of aliphatic imine (C=N–C) groups is 1. The summed E-state index contributed by atoms with van der Waals surface area (Å²) in [6, 6.07) is 13.2. The number of nitrogens with zero attached hydrogens (tertiary/aromatic N) is 3. The van der Waals surface area contributed by atoms with Crippen LogP contribution in [-0.2, 0) is 4.79 Å². The van der Waals surface area contributed by atoms with Gasteiger partial charge in [0.05, 0.1) is 0 Å². The van der Waals surface area contributed by atoms with Crippen LogP contribution in [0.3, 0.4) is 0 Å². The zero-order chi connectivity index (χ0) is 24.5. The number of carbonyl (C=O) groups excluding carboxylic acids is 1. The highest BCUT2D eigenvalue weighted by Crippen LogP contribution is 2.28. The molecule has 188 valence electrons. The van der Waals surface area contributed by atoms with E-state index in [0.717, 1.165) is 56.0 Å². The van der Waals surface area contributed by atoms with Gasteiger partial charge in [0.25, 0.3) is 0 Å². The van der Waals surface area contributed by atoms with Crippen molar-refractivity contribution in [2.24, 2.45) is 4.99 Å². The lowest BCUT2D eigenvalue weighted by molar-refractivity contribution is -0.132. The standard InChI is InChI=1S/C30H42N4O/c1-3-19-31-27(29-23(2)18-20-32-30(29)33-26-14-8-5-9-15-26)16-17-28(35)34-21-10-13-25(22-34)24-11-6-4-7-12-24/h4,6-7,11-12,18,20,25-26H,3,5,8-10,13-17,19,21-22H2,1-2H3,(H,32,33). The Morgan fingerprint density at radius 1 is 1.06 bits per heavy atom. The third-order valence-corrected chi connectivity index (χ3v) is 7.54. The molecule has 4 rings (SSSR count). The number of hydrogen-bond donors (Lipinski definition) is 1. The van der Waals surface area contributed by atoms with Crippen molar-refractivity contribution in [2.75, 3.05) is 25.0 Å². The van der Waals surface area contributed by atoms with E-state index >= 15 is 0 Å². The van der Waals surface area contributed by atoms with E-state index in [-0.39, 0.29) is 5.91 Å². The predicted molar refractivity (Wildman–Crippen MR) is 145 cm³/mol. The van der Waals surface area contributed by atoms with E-state index in [1.54, 1.807) is 0 Å². The molecule has 35 heavy (non-hydrogen) atoms. The van der Waals surface area contributed by atoms with Crippen LogP contribution in [-0.4, -0.2) is 47.2 Å². The zero-order valence-corrected chi connectivity index (χ0v) is 21.6. The summed E-state index contributed by atoms with van der Waals surface area (Å²) in [5, 5.41) is 3.73. The van der Waals surface area contributed by atoms with Crippen molar-refractivity contribution in [3.05, 3.63) is 59.3 Å². The first-order chi connectivity index (χ1) is 17.2. The zero-order valence-electron chi connectivity index (χ0n) is 21.6. The van der Waals surface area contributed by atoms with Gasteiger partial charge in [-0.25, -0.2) is 4.98 Å². The molecule has 1 atom stereocenters. The monoisotopic (exact) mass is 474 g/mol. The van der Waals surface area contributed by atoms with Gasteiger partial charge in [0, 0.05) is 55.5 Å². The molecule has 0 spiro atoms. The number of anilines is 1. The first-order valence-electron chi connectivity index (χ1n) is 13.7. The third-order valence-electron chi connectivity index (χ3n) is 7.54. The first-order valence-corrected chi connectivity index (χ1v) is 13.7. The van der Waals surface area contributed by atoms with Crippen molar-refractivity contribution in [1.29, 1.82) is 0 Å². The summed E-state index contributed by atoms with van der Waals surface area (Å²) in [7, 11) is 0. The Kier molecular flexibility index (Phi) is 9.33. The molecule has 1 saturated carbocycles. The van der Waals surface area contributed by atoms with E-state index in [0.29, 0.717) is 24.8 Å². The lowest BCUT2D eigenvalue weighted by atomic mass is 9.90. The van der Waals surface area contributed by atoms with Crippen LogP contribution in [0.5, 0.6) is 0 Å². The minimum absolute atomic E-state index is 0.248. The van der Waals surface area contributed by atoms with Crippen molar-refractivity contribution < 1.29 is 4.79 Å². The Balaban J connectivity index is 1.45. The van der Waals surface area contributed by atoms with Crippen LogP contribution in [0, 0.1) is 6.92 Å². The van der Waals surface area contributed by atoms with Gasteiger partial charge in [0.15, 0.2) is 0 Å². The van der Waals surface area contributed by atoms with Gasteiger partial charge >= 0.3 is 0 Å². The summed E-state index contributed by atoms with van der Waals surface area (Å²) in [6.07, 6.45) is 12.6.